The predicted molar refractivity (Wildman–Crippen MR) is 76.3 cm³/mol. The van der Waals surface area contributed by atoms with Gasteiger partial charge in [-0.25, -0.2) is 0 Å². The number of fused-ring (bicyclic) bond motifs is 1. The molecule has 6 heteroatoms. The fraction of sp³-hybridized carbons (Fsp3) is 0.0714. The van der Waals surface area contributed by atoms with Crippen LogP contribution < -0.4 is 5.73 Å². The number of amides is 2. The van der Waals surface area contributed by atoms with Gasteiger partial charge in [0.05, 0.1) is 28.9 Å². The Morgan fingerprint density at radius 3 is 2.35 bits per heavy atom. The van der Waals surface area contributed by atoms with Gasteiger partial charge in [0, 0.05) is 11.1 Å². The summed E-state index contributed by atoms with van der Waals surface area (Å²) in [6.07, 6.45) is 3.17. The quantitative estimate of drug-likeness (QED) is 0.689. The van der Waals surface area contributed by atoms with E-state index >= 15 is 0 Å². The van der Waals surface area contributed by atoms with Crippen LogP contribution in [0.3, 0.4) is 0 Å². The van der Waals surface area contributed by atoms with Crippen LogP contribution >= 0.6 is 11.8 Å². The first-order valence-corrected chi connectivity index (χ1v) is 6.94. The topological polar surface area (TPSA) is 76.3 Å². The van der Waals surface area contributed by atoms with E-state index < -0.39 is 0 Å². The smallest absolute Gasteiger partial charge is 0.262 e. The normalized spacial score (nSPS) is 13.7. The Kier molecular flexibility index (Phi) is 3.15. The second-order valence-electron chi connectivity index (χ2n) is 4.27. The predicted octanol–water partition coefficient (Wildman–Crippen LogP) is 2.01. The van der Waals surface area contributed by atoms with Gasteiger partial charge in [0.2, 0.25) is 0 Å². The van der Waals surface area contributed by atoms with Crippen molar-refractivity contribution in [3.63, 3.8) is 0 Å². The van der Waals surface area contributed by atoms with Gasteiger partial charge in [-0.2, -0.15) is 0 Å². The van der Waals surface area contributed by atoms with Crippen LogP contribution in [-0.2, 0) is 0 Å². The number of rotatable bonds is 3. The van der Waals surface area contributed by atoms with Crippen molar-refractivity contribution in [3.8, 4) is 0 Å². The van der Waals surface area contributed by atoms with Crippen LogP contribution in [0.2, 0.25) is 0 Å². The summed E-state index contributed by atoms with van der Waals surface area (Å²) in [5.74, 6) is -0.281. The van der Waals surface area contributed by atoms with Crippen LogP contribution in [0, 0.1) is 0 Å². The number of benzene rings is 1. The maximum Gasteiger partial charge on any atom is 0.262 e. The number of anilines is 1. The third-order valence-electron chi connectivity index (χ3n) is 3.04. The molecule has 2 aromatic rings. The van der Waals surface area contributed by atoms with Crippen molar-refractivity contribution in [3.05, 3.63) is 53.9 Å². The molecule has 0 bridgehead atoms. The van der Waals surface area contributed by atoms with Crippen molar-refractivity contribution in [2.45, 2.75) is 4.90 Å². The molecule has 0 saturated carbocycles. The number of thioether (sulfide) groups is 1. The van der Waals surface area contributed by atoms with E-state index in [4.69, 9.17) is 5.73 Å². The van der Waals surface area contributed by atoms with E-state index in [0.717, 1.165) is 4.90 Å². The average molecular weight is 285 g/mol. The zero-order valence-electron chi connectivity index (χ0n) is 10.4. The number of nitrogens with two attached hydrogens (primary N) is 1. The lowest BCUT2D eigenvalue weighted by molar-refractivity contribution is 0.0684. The van der Waals surface area contributed by atoms with Gasteiger partial charge >= 0.3 is 0 Å². The van der Waals surface area contributed by atoms with E-state index in [1.54, 1.807) is 42.7 Å². The van der Waals surface area contributed by atoms with Gasteiger partial charge in [-0.05, 0) is 18.2 Å². The maximum absolute atomic E-state index is 12.2. The molecule has 2 amide bonds. The molecule has 20 heavy (non-hydrogen) atoms. The summed E-state index contributed by atoms with van der Waals surface area (Å²) < 4.78 is 0. The summed E-state index contributed by atoms with van der Waals surface area (Å²) in [5, 5.41) is 0. The van der Waals surface area contributed by atoms with Gasteiger partial charge in [-0.3, -0.25) is 19.5 Å². The van der Waals surface area contributed by atoms with E-state index in [9.17, 15) is 9.59 Å². The number of aromatic nitrogens is 1. The van der Waals surface area contributed by atoms with Crippen molar-refractivity contribution >= 4 is 29.3 Å². The van der Waals surface area contributed by atoms with E-state index in [-0.39, 0.29) is 17.7 Å². The first kappa shape index (κ1) is 12.7. The number of carbonyl (C=O) groups excluding carboxylic acids is 2. The third kappa shape index (κ3) is 2.04. The molecule has 0 spiro atoms. The number of nitrogen functional groups attached to an aromatic ring is 1. The van der Waals surface area contributed by atoms with Gasteiger partial charge in [0.15, 0.2) is 0 Å². The number of carbonyl (C=O) groups is 2. The number of pyridine rings is 1. The van der Waals surface area contributed by atoms with Crippen molar-refractivity contribution in [1.82, 2.24) is 9.88 Å². The summed E-state index contributed by atoms with van der Waals surface area (Å²) in [4.78, 5) is 30.3. The fourth-order valence-corrected chi connectivity index (χ4v) is 2.89. The molecule has 2 heterocycles. The Bertz CT molecular complexity index is 667. The molecule has 3 rings (SSSR count). The molecular weight excluding hydrogens is 274 g/mol. The molecule has 0 aliphatic carbocycles. The Labute approximate surface area is 119 Å². The van der Waals surface area contributed by atoms with Crippen molar-refractivity contribution in [1.29, 1.82) is 0 Å². The van der Waals surface area contributed by atoms with Crippen molar-refractivity contribution in [2.24, 2.45) is 0 Å². The highest BCUT2D eigenvalue weighted by Crippen LogP contribution is 2.29. The third-order valence-corrected chi connectivity index (χ3v) is 4.11. The van der Waals surface area contributed by atoms with Gasteiger partial charge in [-0.15, -0.1) is 11.8 Å². The SMILES string of the molecule is Nc1cnccc1SCN1C(=O)c2ccccc2C1=O. The Morgan fingerprint density at radius 2 is 1.75 bits per heavy atom. The summed E-state index contributed by atoms with van der Waals surface area (Å²) in [7, 11) is 0. The number of nitrogens with zero attached hydrogens (tertiary/aromatic N) is 2. The summed E-state index contributed by atoms with van der Waals surface area (Å²) in [6.45, 7) is 0. The van der Waals surface area contributed by atoms with Crippen LogP contribution in [-0.4, -0.2) is 27.6 Å². The lowest BCUT2D eigenvalue weighted by Crippen LogP contribution is -2.29. The minimum absolute atomic E-state index is 0.237. The molecule has 1 aromatic heterocycles. The molecule has 100 valence electrons. The molecule has 0 saturated heterocycles. The average Bonchev–Trinajstić information content (AvgIpc) is 2.71. The van der Waals surface area contributed by atoms with Gasteiger partial charge in [0.25, 0.3) is 11.8 Å². The van der Waals surface area contributed by atoms with Crippen LogP contribution in [0.4, 0.5) is 5.69 Å². The lowest BCUT2D eigenvalue weighted by Gasteiger charge is -2.13. The summed E-state index contributed by atoms with van der Waals surface area (Å²) in [5.41, 5.74) is 7.24. The van der Waals surface area contributed by atoms with E-state index in [2.05, 4.69) is 4.98 Å². The molecular formula is C14H11N3O2S. The molecule has 0 unspecified atom stereocenters. The van der Waals surface area contributed by atoms with Gasteiger partial charge in [0.1, 0.15) is 0 Å². The van der Waals surface area contributed by atoms with E-state index in [1.807, 2.05) is 0 Å². The Morgan fingerprint density at radius 1 is 1.10 bits per heavy atom. The highest BCUT2D eigenvalue weighted by Gasteiger charge is 2.34. The number of hydrogen-bond donors (Lipinski definition) is 1. The van der Waals surface area contributed by atoms with Gasteiger partial charge < -0.3 is 5.73 Å². The monoisotopic (exact) mass is 285 g/mol. The second kappa shape index (κ2) is 4.97. The highest BCUT2D eigenvalue weighted by molar-refractivity contribution is 7.99. The first-order chi connectivity index (χ1) is 9.68. The zero-order valence-corrected chi connectivity index (χ0v) is 11.3. The molecule has 1 aliphatic rings. The maximum atomic E-state index is 12.2. The molecule has 5 nitrogen and oxygen atoms in total. The van der Waals surface area contributed by atoms with Crippen molar-refractivity contribution < 1.29 is 9.59 Å². The molecule has 0 radical (unpaired) electrons. The van der Waals surface area contributed by atoms with Crippen molar-refractivity contribution in [2.75, 3.05) is 11.6 Å². The second-order valence-corrected chi connectivity index (χ2v) is 5.26. The van der Waals surface area contributed by atoms with Crippen LogP contribution in [0.15, 0.2) is 47.6 Å². The van der Waals surface area contributed by atoms with Gasteiger partial charge in [-0.1, -0.05) is 12.1 Å². The molecule has 1 aromatic carbocycles. The minimum Gasteiger partial charge on any atom is -0.397 e. The molecule has 1 aliphatic heterocycles. The number of imide groups is 1. The fourth-order valence-electron chi connectivity index (χ4n) is 2.02. The van der Waals surface area contributed by atoms with E-state index in [1.165, 1.54) is 16.7 Å². The van der Waals surface area contributed by atoms with Crippen LogP contribution in [0.25, 0.3) is 0 Å². The molecule has 0 atom stereocenters. The first-order valence-electron chi connectivity index (χ1n) is 5.96. The molecule has 0 fully saturated rings. The van der Waals surface area contributed by atoms with Crippen LogP contribution in [0.5, 0.6) is 0 Å². The minimum atomic E-state index is -0.259. The standard InChI is InChI=1S/C14H11N3O2S/c15-11-7-16-6-5-12(11)20-8-17-13(18)9-3-1-2-4-10(9)14(17)19/h1-7H,8,15H2. The molecule has 2 N–H and O–H groups in total. The largest absolute Gasteiger partial charge is 0.397 e. The zero-order chi connectivity index (χ0) is 14.1. The van der Waals surface area contributed by atoms with E-state index in [0.29, 0.717) is 16.8 Å². The summed E-state index contributed by atoms with van der Waals surface area (Å²) in [6, 6.07) is 8.60. The highest BCUT2D eigenvalue weighted by atomic mass is 32.2. The Balaban J connectivity index is 1.79. The Hall–Kier alpha value is -2.34. The number of hydrogen-bond acceptors (Lipinski definition) is 5. The lowest BCUT2D eigenvalue weighted by atomic mass is 10.1. The summed E-state index contributed by atoms with van der Waals surface area (Å²) >= 11 is 1.34. The van der Waals surface area contributed by atoms with Crippen LogP contribution in [0.1, 0.15) is 20.7 Å².